The molecular weight excluding hydrogens is 338 g/mol. The molecule has 1 aliphatic heterocycles. The van der Waals surface area contributed by atoms with E-state index in [1.54, 1.807) is 29.2 Å². The van der Waals surface area contributed by atoms with Gasteiger partial charge < -0.3 is 9.64 Å². The number of amides is 1. The maximum absolute atomic E-state index is 12.8. The Morgan fingerprint density at radius 2 is 1.92 bits per heavy atom. The number of carbonyl (C=O) groups excluding carboxylic acids is 1. The van der Waals surface area contributed by atoms with Crippen molar-refractivity contribution in [3.05, 3.63) is 71.3 Å². The largest absolute Gasteiger partial charge is 0.370 e. The fraction of sp³-hybridized carbons (Fsp3) is 0.316. The van der Waals surface area contributed by atoms with Crippen molar-refractivity contribution in [1.82, 2.24) is 4.90 Å². The standard InChI is InChI=1S/C19H21NO4S/c1-25(22,23)14-15-6-5-9-17(12-15)19(21)20-10-11-24-18(13-20)16-7-3-2-4-8-16/h2-9,12,18H,10-11,13-14H2,1H3. The Balaban J connectivity index is 1.75. The highest BCUT2D eigenvalue weighted by atomic mass is 32.2. The summed E-state index contributed by atoms with van der Waals surface area (Å²) in [5.74, 6) is -0.163. The van der Waals surface area contributed by atoms with Crippen LogP contribution in [0.4, 0.5) is 0 Å². The van der Waals surface area contributed by atoms with Crippen molar-refractivity contribution in [2.45, 2.75) is 11.9 Å². The average Bonchev–Trinajstić information content (AvgIpc) is 2.61. The number of rotatable bonds is 4. The van der Waals surface area contributed by atoms with Gasteiger partial charge in [-0.25, -0.2) is 8.42 Å². The van der Waals surface area contributed by atoms with Gasteiger partial charge >= 0.3 is 0 Å². The first-order valence-electron chi connectivity index (χ1n) is 8.15. The molecule has 0 spiro atoms. The molecule has 1 atom stereocenters. The highest BCUT2D eigenvalue weighted by Gasteiger charge is 2.26. The lowest BCUT2D eigenvalue weighted by Crippen LogP contribution is -2.42. The fourth-order valence-corrected chi connectivity index (χ4v) is 3.77. The van der Waals surface area contributed by atoms with E-state index in [-0.39, 0.29) is 17.8 Å². The summed E-state index contributed by atoms with van der Waals surface area (Å²) in [6.45, 7) is 1.49. The van der Waals surface area contributed by atoms with Gasteiger partial charge in [-0.2, -0.15) is 0 Å². The monoisotopic (exact) mass is 359 g/mol. The normalized spacial score (nSPS) is 18.1. The molecule has 0 bridgehead atoms. The van der Waals surface area contributed by atoms with Crippen LogP contribution in [0.25, 0.3) is 0 Å². The zero-order chi connectivity index (χ0) is 17.9. The van der Waals surface area contributed by atoms with Gasteiger partial charge in [-0.3, -0.25) is 4.79 Å². The second kappa shape index (κ2) is 7.37. The number of carbonyl (C=O) groups is 1. The smallest absolute Gasteiger partial charge is 0.254 e. The molecule has 2 aromatic carbocycles. The van der Waals surface area contributed by atoms with Crippen LogP contribution in [0.3, 0.4) is 0 Å². The predicted molar refractivity (Wildman–Crippen MR) is 96.0 cm³/mol. The summed E-state index contributed by atoms with van der Waals surface area (Å²) in [5, 5.41) is 0. The van der Waals surface area contributed by atoms with Crippen molar-refractivity contribution in [2.24, 2.45) is 0 Å². The molecule has 3 rings (SSSR count). The third-order valence-corrected chi connectivity index (χ3v) is 4.99. The van der Waals surface area contributed by atoms with Gasteiger partial charge in [-0.1, -0.05) is 42.5 Å². The van der Waals surface area contributed by atoms with Crippen LogP contribution < -0.4 is 0 Å². The van der Waals surface area contributed by atoms with Crippen LogP contribution in [0.5, 0.6) is 0 Å². The molecule has 2 aromatic rings. The van der Waals surface area contributed by atoms with E-state index in [1.165, 1.54) is 6.26 Å². The minimum absolute atomic E-state index is 0.0656. The van der Waals surface area contributed by atoms with E-state index in [2.05, 4.69) is 0 Å². The van der Waals surface area contributed by atoms with Crippen molar-refractivity contribution >= 4 is 15.7 Å². The molecule has 132 valence electrons. The summed E-state index contributed by atoms with van der Waals surface area (Å²) >= 11 is 0. The van der Waals surface area contributed by atoms with Crippen LogP contribution in [0, 0.1) is 0 Å². The minimum Gasteiger partial charge on any atom is -0.370 e. The van der Waals surface area contributed by atoms with Crippen LogP contribution in [0.1, 0.15) is 27.6 Å². The van der Waals surface area contributed by atoms with Crippen LogP contribution in [-0.4, -0.2) is 45.2 Å². The predicted octanol–water partition coefficient (Wildman–Crippen LogP) is 2.44. The van der Waals surface area contributed by atoms with Gasteiger partial charge in [-0.05, 0) is 23.3 Å². The van der Waals surface area contributed by atoms with E-state index in [0.29, 0.717) is 30.8 Å². The van der Waals surface area contributed by atoms with E-state index in [1.807, 2.05) is 30.3 Å². The van der Waals surface area contributed by atoms with Gasteiger partial charge in [0.1, 0.15) is 6.10 Å². The van der Waals surface area contributed by atoms with E-state index in [0.717, 1.165) is 5.56 Å². The molecule has 25 heavy (non-hydrogen) atoms. The van der Waals surface area contributed by atoms with Gasteiger partial charge in [0.15, 0.2) is 9.84 Å². The van der Waals surface area contributed by atoms with Crippen LogP contribution in [0.2, 0.25) is 0 Å². The van der Waals surface area contributed by atoms with Gasteiger partial charge in [0.2, 0.25) is 0 Å². The third kappa shape index (κ3) is 4.67. The number of benzene rings is 2. The molecule has 0 radical (unpaired) electrons. The zero-order valence-electron chi connectivity index (χ0n) is 14.1. The Kier molecular flexibility index (Phi) is 5.20. The Bertz CT molecular complexity index is 849. The number of morpholine rings is 1. The number of sulfone groups is 1. The van der Waals surface area contributed by atoms with E-state index in [4.69, 9.17) is 4.74 Å². The van der Waals surface area contributed by atoms with Crippen molar-refractivity contribution in [2.75, 3.05) is 26.0 Å². The van der Waals surface area contributed by atoms with Crippen molar-refractivity contribution in [3.63, 3.8) is 0 Å². The molecule has 1 amide bonds. The zero-order valence-corrected chi connectivity index (χ0v) is 14.9. The molecule has 0 saturated carbocycles. The quantitative estimate of drug-likeness (QED) is 0.841. The maximum Gasteiger partial charge on any atom is 0.254 e. The highest BCUT2D eigenvalue weighted by Crippen LogP contribution is 2.23. The summed E-state index contributed by atoms with van der Waals surface area (Å²) < 4.78 is 28.7. The Morgan fingerprint density at radius 1 is 1.16 bits per heavy atom. The third-order valence-electron chi connectivity index (χ3n) is 4.13. The first kappa shape index (κ1) is 17.6. The molecule has 5 nitrogen and oxygen atoms in total. The Morgan fingerprint density at radius 3 is 2.64 bits per heavy atom. The summed E-state index contributed by atoms with van der Waals surface area (Å²) in [5.41, 5.74) is 2.18. The first-order chi connectivity index (χ1) is 11.9. The first-order valence-corrected chi connectivity index (χ1v) is 10.2. The maximum atomic E-state index is 12.8. The number of hydrogen-bond donors (Lipinski definition) is 0. The Hall–Kier alpha value is -2.18. The number of ether oxygens (including phenoxy) is 1. The van der Waals surface area contributed by atoms with Gasteiger partial charge in [-0.15, -0.1) is 0 Å². The Labute approximate surface area is 148 Å². The molecular formula is C19H21NO4S. The molecule has 0 N–H and O–H groups in total. The van der Waals surface area contributed by atoms with Crippen molar-refractivity contribution in [1.29, 1.82) is 0 Å². The van der Waals surface area contributed by atoms with Gasteiger partial charge in [0, 0.05) is 18.4 Å². The molecule has 1 saturated heterocycles. The van der Waals surface area contributed by atoms with Crippen LogP contribution in [-0.2, 0) is 20.3 Å². The fourth-order valence-electron chi connectivity index (χ4n) is 2.98. The van der Waals surface area contributed by atoms with E-state index >= 15 is 0 Å². The average molecular weight is 359 g/mol. The van der Waals surface area contributed by atoms with E-state index < -0.39 is 9.84 Å². The molecule has 1 heterocycles. The van der Waals surface area contributed by atoms with Crippen molar-refractivity contribution in [3.8, 4) is 0 Å². The summed E-state index contributed by atoms with van der Waals surface area (Å²) in [4.78, 5) is 14.6. The number of nitrogens with zero attached hydrogens (tertiary/aromatic N) is 1. The van der Waals surface area contributed by atoms with Crippen LogP contribution in [0.15, 0.2) is 54.6 Å². The lowest BCUT2D eigenvalue weighted by Gasteiger charge is -2.33. The molecule has 6 heteroatoms. The highest BCUT2D eigenvalue weighted by molar-refractivity contribution is 7.89. The summed E-state index contributed by atoms with van der Waals surface area (Å²) in [6, 6.07) is 16.7. The van der Waals surface area contributed by atoms with Gasteiger partial charge in [0.05, 0.1) is 18.9 Å². The SMILES string of the molecule is CS(=O)(=O)Cc1cccc(C(=O)N2CCOC(c3ccccc3)C2)c1. The lowest BCUT2D eigenvalue weighted by atomic mass is 10.1. The van der Waals surface area contributed by atoms with Crippen molar-refractivity contribution < 1.29 is 17.9 Å². The second-order valence-electron chi connectivity index (χ2n) is 6.29. The van der Waals surface area contributed by atoms with E-state index in [9.17, 15) is 13.2 Å². The molecule has 0 aliphatic carbocycles. The second-order valence-corrected chi connectivity index (χ2v) is 8.43. The number of hydrogen-bond acceptors (Lipinski definition) is 4. The summed E-state index contributed by atoms with van der Waals surface area (Å²) in [6.07, 6.45) is 1.05. The topological polar surface area (TPSA) is 63.7 Å². The summed E-state index contributed by atoms with van der Waals surface area (Å²) in [7, 11) is -3.13. The van der Waals surface area contributed by atoms with Crippen LogP contribution >= 0.6 is 0 Å². The van der Waals surface area contributed by atoms with Gasteiger partial charge in [0.25, 0.3) is 5.91 Å². The molecule has 1 unspecified atom stereocenters. The molecule has 1 aliphatic rings. The molecule has 0 aromatic heterocycles. The lowest BCUT2D eigenvalue weighted by molar-refractivity contribution is -0.0228. The minimum atomic E-state index is -3.13. The molecule has 1 fully saturated rings.